The first kappa shape index (κ1) is 30.3. The standard InChI is InChI=1S/C18H39N7O3S3/c19-10-4-1-8-14(24-30)17(27)21-11-5-2-7-13(16(20)26)23-18(28)15(25-31)9-3-6-12-22-29/h13-15,22,24-25,29-31H,1-12,19H2,(H2,20,26)(H,21,27)(H,23,28). The van der Waals surface area contributed by atoms with E-state index in [9.17, 15) is 14.4 Å². The van der Waals surface area contributed by atoms with Gasteiger partial charge in [0, 0.05) is 13.1 Å². The van der Waals surface area contributed by atoms with Crippen LogP contribution in [-0.4, -0.2) is 55.5 Å². The first-order valence-corrected chi connectivity index (χ1v) is 12.0. The molecule has 0 saturated heterocycles. The van der Waals surface area contributed by atoms with Crippen molar-refractivity contribution >= 4 is 56.2 Å². The van der Waals surface area contributed by atoms with E-state index in [2.05, 4.69) is 63.2 Å². The van der Waals surface area contributed by atoms with E-state index in [1.807, 2.05) is 0 Å². The highest BCUT2D eigenvalue weighted by Crippen LogP contribution is 2.06. The lowest BCUT2D eigenvalue weighted by Crippen LogP contribution is -2.50. The molecule has 0 aliphatic rings. The summed E-state index contributed by atoms with van der Waals surface area (Å²) in [7, 11) is 0. The smallest absolute Gasteiger partial charge is 0.240 e. The predicted molar refractivity (Wildman–Crippen MR) is 134 cm³/mol. The van der Waals surface area contributed by atoms with Gasteiger partial charge in [0.05, 0.1) is 12.1 Å². The Morgan fingerprint density at radius 3 is 1.74 bits per heavy atom. The third kappa shape index (κ3) is 14.9. The normalized spacial score (nSPS) is 13.9. The fourth-order valence-corrected chi connectivity index (χ4v) is 3.57. The molecule has 31 heavy (non-hydrogen) atoms. The number of carbonyl (C=O) groups excluding carboxylic acids is 3. The molecule has 0 heterocycles. The second-order valence-electron chi connectivity index (χ2n) is 7.30. The van der Waals surface area contributed by atoms with Gasteiger partial charge in [-0.1, -0.05) is 51.3 Å². The van der Waals surface area contributed by atoms with Crippen LogP contribution in [0.25, 0.3) is 0 Å². The second-order valence-corrected chi connectivity index (χ2v) is 8.13. The summed E-state index contributed by atoms with van der Waals surface area (Å²) in [5, 5.41) is 5.54. The Bertz CT molecular complexity index is 518. The number of hydrogen-bond acceptors (Lipinski definition) is 10. The molecule has 0 bridgehead atoms. The maximum atomic E-state index is 12.4. The van der Waals surface area contributed by atoms with Crippen LogP contribution in [0.15, 0.2) is 0 Å². The summed E-state index contributed by atoms with van der Waals surface area (Å²) >= 11 is 11.9. The van der Waals surface area contributed by atoms with Crippen LogP contribution < -0.4 is 36.3 Å². The lowest BCUT2D eigenvalue weighted by atomic mass is 10.1. The highest BCUT2D eigenvalue weighted by atomic mass is 32.1. The number of thiol groups is 3. The van der Waals surface area contributed by atoms with Gasteiger partial charge in [-0.2, -0.15) is 0 Å². The first-order chi connectivity index (χ1) is 14.9. The summed E-state index contributed by atoms with van der Waals surface area (Å²) in [6.45, 7) is 1.79. The van der Waals surface area contributed by atoms with Crippen LogP contribution in [0.3, 0.4) is 0 Å². The zero-order valence-electron chi connectivity index (χ0n) is 17.9. The van der Waals surface area contributed by atoms with Crippen LogP contribution in [0.4, 0.5) is 0 Å². The molecule has 10 nitrogen and oxygen atoms in total. The van der Waals surface area contributed by atoms with Crippen molar-refractivity contribution in [2.45, 2.75) is 75.9 Å². The van der Waals surface area contributed by atoms with E-state index in [0.717, 1.165) is 32.2 Å². The molecule has 3 amide bonds. The fourth-order valence-electron chi connectivity index (χ4n) is 2.92. The molecule has 3 atom stereocenters. The van der Waals surface area contributed by atoms with Crippen LogP contribution in [-0.2, 0) is 14.4 Å². The predicted octanol–water partition coefficient (Wildman–Crippen LogP) is -0.417. The molecule has 0 aromatic carbocycles. The van der Waals surface area contributed by atoms with Gasteiger partial charge in [-0.05, 0) is 51.5 Å². The van der Waals surface area contributed by atoms with Gasteiger partial charge in [-0.3, -0.25) is 28.5 Å². The first-order valence-electron chi connectivity index (χ1n) is 10.6. The van der Waals surface area contributed by atoms with E-state index in [-0.39, 0.29) is 17.9 Å². The Morgan fingerprint density at radius 2 is 1.23 bits per heavy atom. The van der Waals surface area contributed by atoms with Gasteiger partial charge >= 0.3 is 0 Å². The maximum absolute atomic E-state index is 12.4. The van der Waals surface area contributed by atoms with Gasteiger partial charge in [0.1, 0.15) is 6.04 Å². The van der Waals surface area contributed by atoms with Crippen molar-refractivity contribution in [2.24, 2.45) is 11.5 Å². The summed E-state index contributed by atoms with van der Waals surface area (Å²) in [6, 6.07) is -1.66. The second kappa shape index (κ2) is 19.9. The minimum absolute atomic E-state index is 0.123. The van der Waals surface area contributed by atoms with Crippen molar-refractivity contribution in [3.05, 3.63) is 0 Å². The zero-order chi connectivity index (χ0) is 23.5. The minimum atomic E-state index is -0.769. The van der Waals surface area contributed by atoms with Crippen LogP contribution in [0.1, 0.15) is 57.8 Å². The largest absolute Gasteiger partial charge is 0.368 e. The molecule has 182 valence electrons. The summed E-state index contributed by atoms with van der Waals surface area (Å²) in [6.07, 6.45) is 6.27. The molecule has 9 N–H and O–H groups in total. The summed E-state index contributed by atoms with van der Waals surface area (Å²) < 4.78 is 8.13. The Hall–Kier alpha value is -0.700. The Labute approximate surface area is 202 Å². The van der Waals surface area contributed by atoms with Gasteiger partial charge in [0.2, 0.25) is 17.7 Å². The van der Waals surface area contributed by atoms with E-state index >= 15 is 0 Å². The number of nitrogens with one attached hydrogen (secondary N) is 5. The van der Waals surface area contributed by atoms with Crippen molar-refractivity contribution in [1.82, 2.24) is 24.8 Å². The van der Waals surface area contributed by atoms with Crippen molar-refractivity contribution in [1.29, 1.82) is 0 Å². The van der Waals surface area contributed by atoms with Crippen LogP contribution >= 0.6 is 38.4 Å². The van der Waals surface area contributed by atoms with Crippen molar-refractivity contribution in [2.75, 3.05) is 19.6 Å². The number of carbonyl (C=O) groups is 3. The minimum Gasteiger partial charge on any atom is -0.368 e. The van der Waals surface area contributed by atoms with E-state index in [4.69, 9.17) is 11.5 Å². The molecule has 0 aliphatic heterocycles. The van der Waals surface area contributed by atoms with Crippen molar-refractivity contribution in [3.63, 3.8) is 0 Å². The SMILES string of the molecule is NCCCCC(NS)C(=O)NCCCCC(NC(=O)C(CCCCNS)NS)C(N)=O. The highest BCUT2D eigenvalue weighted by molar-refractivity contribution is 7.78. The lowest BCUT2D eigenvalue weighted by molar-refractivity contribution is -0.128. The molecule has 0 radical (unpaired) electrons. The van der Waals surface area contributed by atoms with Gasteiger partial charge in [0.15, 0.2) is 0 Å². The Kier molecular flexibility index (Phi) is 19.5. The number of amides is 3. The molecular formula is C18H39N7O3S3. The molecule has 0 aliphatic carbocycles. The zero-order valence-corrected chi connectivity index (χ0v) is 20.6. The molecule has 0 aromatic heterocycles. The Morgan fingerprint density at radius 1 is 0.710 bits per heavy atom. The monoisotopic (exact) mass is 497 g/mol. The van der Waals surface area contributed by atoms with E-state index in [1.54, 1.807) is 0 Å². The molecular weight excluding hydrogens is 458 g/mol. The van der Waals surface area contributed by atoms with Crippen LogP contribution in [0, 0.1) is 0 Å². The lowest BCUT2D eigenvalue weighted by Gasteiger charge is -2.20. The topological polar surface area (TPSA) is 163 Å². The third-order valence-corrected chi connectivity index (χ3v) is 5.65. The van der Waals surface area contributed by atoms with Gasteiger partial charge in [0.25, 0.3) is 0 Å². The average Bonchev–Trinajstić information content (AvgIpc) is 2.75. The number of rotatable bonds is 20. The summed E-state index contributed by atoms with van der Waals surface area (Å²) in [5.41, 5.74) is 10.9. The van der Waals surface area contributed by atoms with E-state index < -0.39 is 18.0 Å². The Balaban J connectivity index is 4.28. The molecule has 0 fully saturated rings. The number of hydrogen-bond donors (Lipinski definition) is 10. The fraction of sp³-hybridized carbons (Fsp3) is 0.833. The van der Waals surface area contributed by atoms with Crippen LogP contribution in [0.5, 0.6) is 0 Å². The number of nitrogens with two attached hydrogens (primary N) is 2. The average molecular weight is 498 g/mol. The van der Waals surface area contributed by atoms with Crippen LogP contribution in [0.2, 0.25) is 0 Å². The van der Waals surface area contributed by atoms with Crippen molar-refractivity contribution < 1.29 is 14.4 Å². The molecule has 0 rings (SSSR count). The van der Waals surface area contributed by atoms with Gasteiger partial charge < -0.3 is 22.1 Å². The van der Waals surface area contributed by atoms with Crippen molar-refractivity contribution in [3.8, 4) is 0 Å². The van der Waals surface area contributed by atoms with E-state index in [0.29, 0.717) is 45.2 Å². The maximum Gasteiger partial charge on any atom is 0.240 e. The molecule has 3 unspecified atom stereocenters. The quantitative estimate of drug-likeness (QED) is 0.0806. The van der Waals surface area contributed by atoms with Gasteiger partial charge in [-0.25, -0.2) is 0 Å². The van der Waals surface area contributed by atoms with Gasteiger partial charge in [-0.15, -0.1) is 0 Å². The molecule has 0 aromatic rings. The number of unbranched alkanes of at least 4 members (excludes halogenated alkanes) is 3. The van der Waals surface area contributed by atoms with E-state index in [1.165, 1.54) is 0 Å². The number of primary amides is 1. The highest BCUT2D eigenvalue weighted by Gasteiger charge is 2.23. The summed E-state index contributed by atoms with van der Waals surface area (Å²) in [4.78, 5) is 36.3. The molecule has 13 heteroatoms. The molecule has 0 spiro atoms. The third-order valence-electron chi connectivity index (χ3n) is 4.80. The molecule has 0 saturated carbocycles. The summed E-state index contributed by atoms with van der Waals surface area (Å²) in [5.74, 6) is -1.03.